The van der Waals surface area contributed by atoms with Crippen molar-refractivity contribution in [3.8, 4) is 0 Å². The SMILES string of the molecule is CC(NCCCc1cccc(C(F)F)c1)c1csc2ccccc12. The normalized spacial score (nSPS) is 12.8. The highest BCUT2D eigenvalue weighted by molar-refractivity contribution is 7.17. The molecule has 0 spiro atoms. The topological polar surface area (TPSA) is 12.0 Å². The third-order valence-electron chi connectivity index (χ3n) is 4.27. The summed E-state index contributed by atoms with van der Waals surface area (Å²) in [5.41, 5.74) is 2.41. The van der Waals surface area contributed by atoms with Crippen LogP contribution < -0.4 is 5.32 Å². The van der Waals surface area contributed by atoms with Crippen LogP contribution in [0.2, 0.25) is 0 Å². The van der Waals surface area contributed by atoms with Crippen LogP contribution in [-0.2, 0) is 6.42 Å². The van der Waals surface area contributed by atoms with Crippen molar-refractivity contribution in [2.24, 2.45) is 0 Å². The molecule has 0 amide bonds. The number of aryl methyl sites for hydroxylation is 1. The van der Waals surface area contributed by atoms with Crippen molar-refractivity contribution >= 4 is 21.4 Å². The summed E-state index contributed by atoms with van der Waals surface area (Å²) in [6.45, 7) is 3.04. The van der Waals surface area contributed by atoms with Crippen LogP contribution in [-0.4, -0.2) is 6.54 Å². The van der Waals surface area contributed by atoms with Gasteiger partial charge in [0.05, 0.1) is 0 Å². The first-order valence-electron chi connectivity index (χ1n) is 8.21. The third kappa shape index (κ3) is 4.00. The third-order valence-corrected chi connectivity index (χ3v) is 5.25. The van der Waals surface area contributed by atoms with Crippen LogP contribution in [0, 0.1) is 0 Å². The highest BCUT2D eigenvalue weighted by Gasteiger charge is 2.10. The molecule has 1 N–H and O–H groups in total. The minimum absolute atomic E-state index is 0.110. The minimum Gasteiger partial charge on any atom is -0.310 e. The van der Waals surface area contributed by atoms with E-state index in [4.69, 9.17) is 0 Å². The van der Waals surface area contributed by atoms with E-state index < -0.39 is 6.43 Å². The number of halogens is 2. The Morgan fingerprint density at radius 2 is 1.92 bits per heavy atom. The number of thiophene rings is 1. The number of fused-ring (bicyclic) bond motifs is 1. The van der Waals surface area contributed by atoms with Gasteiger partial charge in [-0.15, -0.1) is 11.3 Å². The molecule has 0 aliphatic rings. The molecule has 0 aliphatic carbocycles. The molecular formula is C20H21F2NS. The maximum atomic E-state index is 12.7. The molecule has 0 saturated carbocycles. The van der Waals surface area contributed by atoms with E-state index in [1.54, 1.807) is 23.5 Å². The van der Waals surface area contributed by atoms with E-state index in [0.29, 0.717) is 0 Å². The van der Waals surface area contributed by atoms with Crippen LogP contribution in [0.3, 0.4) is 0 Å². The fourth-order valence-electron chi connectivity index (χ4n) is 2.94. The molecule has 0 aliphatic heterocycles. The van der Waals surface area contributed by atoms with Crippen LogP contribution in [0.4, 0.5) is 8.78 Å². The molecule has 0 radical (unpaired) electrons. The molecule has 24 heavy (non-hydrogen) atoms. The maximum absolute atomic E-state index is 12.7. The molecule has 3 aromatic rings. The second-order valence-corrected chi connectivity index (χ2v) is 6.92. The molecule has 1 heterocycles. The van der Waals surface area contributed by atoms with Gasteiger partial charge in [-0.2, -0.15) is 0 Å². The van der Waals surface area contributed by atoms with Crippen LogP contribution in [0.5, 0.6) is 0 Å². The van der Waals surface area contributed by atoms with Crippen molar-refractivity contribution in [1.82, 2.24) is 5.32 Å². The Bertz CT molecular complexity index is 797. The summed E-state index contributed by atoms with van der Waals surface area (Å²) in [7, 11) is 0. The number of hydrogen-bond donors (Lipinski definition) is 1. The maximum Gasteiger partial charge on any atom is 0.263 e. The Morgan fingerprint density at radius 3 is 2.75 bits per heavy atom. The second-order valence-electron chi connectivity index (χ2n) is 6.01. The summed E-state index contributed by atoms with van der Waals surface area (Å²) < 4.78 is 26.7. The molecule has 0 bridgehead atoms. The fourth-order valence-corrected chi connectivity index (χ4v) is 3.99. The van der Waals surface area contributed by atoms with Gasteiger partial charge < -0.3 is 5.32 Å². The molecule has 2 aromatic carbocycles. The summed E-state index contributed by atoms with van der Waals surface area (Å²) in [6.07, 6.45) is -0.654. The highest BCUT2D eigenvalue weighted by Crippen LogP contribution is 2.30. The Labute approximate surface area is 145 Å². The summed E-state index contributed by atoms with van der Waals surface area (Å²) in [5, 5.41) is 7.07. The van der Waals surface area contributed by atoms with Crippen LogP contribution >= 0.6 is 11.3 Å². The van der Waals surface area contributed by atoms with Crippen molar-refractivity contribution in [3.63, 3.8) is 0 Å². The Kier molecular flexibility index (Phi) is 5.59. The largest absolute Gasteiger partial charge is 0.310 e. The lowest BCUT2D eigenvalue weighted by Crippen LogP contribution is -2.20. The van der Waals surface area contributed by atoms with E-state index in [1.807, 2.05) is 6.07 Å². The number of alkyl halides is 2. The molecule has 1 aromatic heterocycles. The van der Waals surface area contributed by atoms with E-state index >= 15 is 0 Å². The Morgan fingerprint density at radius 1 is 1.08 bits per heavy atom. The van der Waals surface area contributed by atoms with Gasteiger partial charge in [-0.05, 0) is 54.3 Å². The molecule has 0 saturated heterocycles. The van der Waals surface area contributed by atoms with Gasteiger partial charge in [0.2, 0.25) is 0 Å². The van der Waals surface area contributed by atoms with E-state index in [2.05, 4.69) is 41.9 Å². The molecule has 0 fully saturated rings. The van der Waals surface area contributed by atoms with Gasteiger partial charge in [0.15, 0.2) is 0 Å². The number of hydrogen-bond acceptors (Lipinski definition) is 2. The van der Waals surface area contributed by atoms with E-state index in [-0.39, 0.29) is 11.6 Å². The van der Waals surface area contributed by atoms with Crippen molar-refractivity contribution in [2.45, 2.75) is 32.2 Å². The van der Waals surface area contributed by atoms with Gasteiger partial charge in [-0.3, -0.25) is 0 Å². The summed E-state index contributed by atoms with van der Waals surface area (Å²) in [6, 6.07) is 15.5. The Balaban J connectivity index is 1.52. The first-order chi connectivity index (χ1) is 11.6. The summed E-state index contributed by atoms with van der Waals surface area (Å²) in [4.78, 5) is 0. The van der Waals surface area contributed by atoms with Gasteiger partial charge in [0, 0.05) is 16.3 Å². The molecule has 1 atom stereocenters. The van der Waals surface area contributed by atoms with Crippen molar-refractivity contribution < 1.29 is 8.78 Å². The molecular weight excluding hydrogens is 324 g/mol. The van der Waals surface area contributed by atoms with Crippen LogP contribution in [0.25, 0.3) is 10.1 Å². The predicted molar refractivity (Wildman–Crippen MR) is 98.0 cm³/mol. The van der Waals surface area contributed by atoms with Gasteiger partial charge in [0.1, 0.15) is 0 Å². The van der Waals surface area contributed by atoms with E-state index in [0.717, 1.165) is 24.9 Å². The van der Waals surface area contributed by atoms with Crippen molar-refractivity contribution in [1.29, 1.82) is 0 Å². The van der Waals surface area contributed by atoms with E-state index in [9.17, 15) is 8.78 Å². The highest BCUT2D eigenvalue weighted by atomic mass is 32.1. The van der Waals surface area contributed by atoms with Crippen molar-refractivity contribution in [2.75, 3.05) is 6.54 Å². The number of rotatable bonds is 7. The number of benzene rings is 2. The zero-order chi connectivity index (χ0) is 16.9. The zero-order valence-corrected chi connectivity index (χ0v) is 14.5. The fraction of sp³-hybridized carbons (Fsp3) is 0.300. The average molecular weight is 345 g/mol. The Hall–Kier alpha value is -1.78. The smallest absolute Gasteiger partial charge is 0.263 e. The van der Waals surface area contributed by atoms with Gasteiger partial charge in [-0.25, -0.2) is 8.78 Å². The first kappa shape index (κ1) is 17.1. The minimum atomic E-state index is -2.39. The quantitative estimate of drug-likeness (QED) is 0.508. The molecule has 1 unspecified atom stereocenters. The lowest BCUT2D eigenvalue weighted by atomic mass is 10.1. The molecule has 1 nitrogen and oxygen atoms in total. The van der Waals surface area contributed by atoms with Crippen LogP contribution in [0.1, 0.15) is 42.5 Å². The van der Waals surface area contributed by atoms with Gasteiger partial charge in [-0.1, -0.05) is 42.5 Å². The zero-order valence-electron chi connectivity index (χ0n) is 13.6. The standard InChI is InChI=1S/C20H21F2NS/c1-14(18-13-24-19-10-3-2-9-17(18)19)23-11-5-7-15-6-4-8-16(12-15)20(21)22/h2-4,6,8-10,12-14,20,23H,5,7,11H2,1H3. The van der Waals surface area contributed by atoms with Crippen LogP contribution in [0.15, 0.2) is 53.9 Å². The molecule has 126 valence electrons. The van der Waals surface area contributed by atoms with Crippen molar-refractivity contribution in [3.05, 3.63) is 70.6 Å². The predicted octanol–water partition coefficient (Wildman–Crippen LogP) is 6.12. The average Bonchev–Trinajstić information content (AvgIpc) is 3.03. The summed E-state index contributed by atoms with van der Waals surface area (Å²) in [5.74, 6) is 0. The lowest BCUT2D eigenvalue weighted by molar-refractivity contribution is 0.151. The van der Waals surface area contributed by atoms with E-state index in [1.165, 1.54) is 21.7 Å². The van der Waals surface area contributed by atoms with Gasteiger partial charge in [0.25, 0.3) is 6.43 Å². The molecule has 4 heteroatoms. The molecule has 3 rings (SSSR count). The monoisotopic (exact) mass is 345 g/mol. The second kappa shape index (κ2) is 7.86. The first-order valence-corrected chi connectivity index (χ1v) is 9.09. The lowest BCUT2D eigenvalue weighted by Gasteiger charge is -2.13. The summed E-state index contributed by atoms with van der Waals surface area (Å²) >= 11 is 1.77. The van der Waals surface area contributed by atoms with Gasteiger partial charge >= 0.3 is 0 Å². The number of nitrogens with one attached hydrogen (secondary N) is 1.